The molecule has 5 saturated carbocycles. The van der Waals surface area contributed by atoms with Crippen molar-refractivity contribution < 1.29 is 10.2 Å². The van der Waals surface area contributed by atoms with Gasteiger partial charge in [-0.1, -0.05) is 48.5 Å². The first-order valence-corrected chi connectivity index (χ1v) is 17.6. The molecule has 0 aromatic carbocycles. The Kier molecular flexibility index (Phi) is 6.18. The molecule has 1 saturated heterocycles. The zero-order chi connectivity index (χ0) is 29.4. The van der Waals surface area contributed by atoms with Gasteiger partial charge in [0.1, 0.15) is 0 Å². The van der Waals surface area contributed by atoms with Gasteiger partial charge in [0.25, 0.3) is 0 Å². The minimum absolute atomic E-state index is 0.0119. The number of fused-ring (bicyclic) bond motifs is 4. The van der Waals surface area contributed by atoms with Crippen molar-refractivity contribution in [3.63, 3.8) is 0 Å². The SMILES string of the molecule is C=C(C)C1CCC2(C)C(=C(C)C=C3C2CCC2CC4CC5CC6CC(NCC(C)O)C(O)CC6C56C=CC32NC46C)C1. The first-order chi connectivity index (χ1) is 19.9. The van der Waals surface area contributed by atoms with Gasteiger partial charge in [-0.25, -0.2) is 0 Å². The third-order valence-corrected chi connectivity index (χ3v) is 15.3. The molecule has 6 fully saturated rings. The number of allylic oxidation sites excluding steroid dienone is 4. The Morgan fingerprint density at radius 1 is 1.07 bits per heavy atom. The number of nitrogens with one attached hydrogen (secondary N) is 2. The number of aliphatic hydroxyl groups excluding tert-OH is 2. The summed E-state index contributed by atoms with van der Waals surface area (Å²) >= 11 is 0. The lowest BCUT2D eigenvalue weighted by Crippen LogP contribution is -2.75. The van der Waals surface area contributed by atoms with Crippen LogP contribution in [0.5, 0.6) is 0 Å². The quantitative estimate of drug-likeness (QED) is 0.292. The van der Waals surface area contributed by atoms with Crippen LogP contribution in [0.4, 0.5) is 0 Å². The average molecular weight is 573 g/mol. The van der Waals surface area contributed by atoms with Crippen LogP contribution in [0.3, 0.4) is 0 Å². The van der Waals surface area contributed by atoms with E-state index in [0.717, 1.165) is 18.8 Å². The summed E-state index contributed by atoms with van der Waals surface area (Å²) in [4.78, 5) is 0. The average Bonchev–Trinajstić information content (AvgIpc) is 3.38. The Morgan fingerprint density at radius 3 is 2.62 bits per heavy atom. The molecule has 4 N–H and O–H groups in total. The molecule has 0 aromatic heterocycles. The van der Waals surface area contributed by atoms with Gasteiger partial charge in [-0.2, -0.15) is 0 Å². The van der Waals surface area contributed by atoms with E-state index in [1.54, 1.807) is 16.7 Å². The molecule has 14 unspecified atom stereocenters. The molecular formula is C38H56N2O2. The number of piperidine rings is 1. The maximum atomic E-state index is 11.4. The minimum Gasteiger partial charge on any atom is -0.392 e. The standard InChI is InChI=1S/C38H56N2O2/c1-21(2)24-9-10-35(5)29-8-7-26-17-27-18-28-14-25-16-33(39-20-23(4)41)34(42)19-31(25)37(28)11-12-38(26,40-36(27,37)6)32(29)13-22(3)30(35)15-24/h11-13,23-29,31,33-34,39-42H,1,7-10,14-20H2,2-6H3. The lowest BCUT2D eigenvalue weighted by molar-refractivity contribution is -0.0581. The van der Waals surface area contributed by atoms with Gasteiger partial charge in [-0.05, 0) is 144 Å². The number of aliphatic hydroxyl groups is 2. The van der Waals surface area contributed by atoms with Gasteiger partial charge in [0.15, 0.2) is 0 Å². The van der Waals surface area contributed by atoms with Crippen molar-refractivity contribution in [2.75, 3.05) is 6.54 Å². The predicted octanol–water partition coefficient (Wildman–Crippen LogP) is 6.46. The highest BCUT2D eigenvalue weighted by Crippen LogP contribution is 2.75. The number of rotatable bonds is 4. The Labute approximate surface area is 254 Å². The summed E-state index contributed by atoms with van der Waals surface area (Å²) in [6, 6.07) is 0.110. The molecule has 8 rings (SSSR count). The smallest absolute Gasteiger partial charge is 0.0696 e. The zero-order valence-electron chi connectivity index (χ0n) is 26.9. The molecule has 4 heteroatoms. The van der Waals surface area contributed by atoms with Crippen LogP contribution in [0.2, 0.25) is 0 Å². The molecular weight excluding hydrogens is 516 g/mol. The fourth-order valence-electron chi connectivity index (χ4n) is 13.4. The summed E-state index contributed by atoms with van der Waals surface area (Å²) in [7, 11) is 0. The summed E-state index contributed by atoms with van der Waals surface area (Å²) in [5.41, 5.74) is 6.86. The molecule has 2 aliphatic heterocycles. The monoisotopic (exact) mass is 572 g/mol. The summed E-state index contributed by atoms with van der Waals surface area (Å²) < 4.78 is 0. The van der Waals surface area contributed by atoms with E-state index in [2.05, 4.69) is 63.1 Å². The Hall–Kier alpha value is -1.20. The van der Waals surface area contributed by atoms with Crippen molar-refractivity contribution in [3.8, 4) is 0 Å². The van der Waals surface area contributed by atoms with Crippen molar-refractivity contribution in [2.45, 2.75) is 128 Å². The number of hydrogen-bond acceptors (Lipinski definition) is 4. The van der Waals surface area contributed by atoms with E-state index in [0.29, 0.717) is 42.1 Å². The van der Waals surface area contributed by atoms with E-state index in [1.807, 2.05) is 6.92 Å². The van der Waals surface area contributed by atoms with E-state index >= 15 is 0 Å². The van der Waals surface area contributed by atoms with Crippen LogP contribution >= 0.6 is 0 Å². The maximum absolute atomic E-state index is 11.4. The van der Waals surface area contributed by atoms with E-state index in [1.165, 1.54) is 56.9 Å². The molecule has 0 amide bonds. The van der Waals surface area contributed by atoms with Crippen molar-refractivity contribution in [2.24, 2.45) is 52.3 Å². The topological polar surface area (TPSA) is 64.5 Å². The third kappa shape index (κ3) is 3.45. The van der Waals surface area contributed by atoms with Crippen LogP contribution in [0.1, 0.15) is 98.8 Å². The Morgan fingerprint density at radius 2 is 1.86 bits per heavy atom. The van der Waals surface area contributed by atoms with Crippen LogP contribution in [0.25, 0.3) is 0 Å². The summed E-state index contributed by atoms with van der Waals surface area (Å²) in [5.74, 6) is 4.61. The van der Waals surface area contributed by atoms with Crippen LogP contribution in [-0.2, 0) is 0 Å². The first kappa shape index (κ1) is 28.3. The van der Waals surface area contributed by atoms with Gasteiger partial charge < -0.3 is 15.5 Å². The highest BCUT2D eigenvalue weighted by molar-refractivity contribution is 5.52. The lowest BCUT2D eigenvalue weighted by atomic mass is 9.45. The lowest BCUT2D eigenvalue weighted by Gasteiger charge is -2.67. The normalized spacial score (nSPS) is 54.3. The fourth-order valence-corrected chi connectivity index (χ4v) is 13.4. The van der Waals surface area contributed by atoms with Gasteiger partial charge in [0.05, 0.1) is 17.7 Å². The van der Waals surface area contributed by atoms with E-state index < -0.39 is 0 Å². The van der Waals surface area contributed by atoms with Gasteiger partial charge in [-0.3, -0.25) is 5.32 Å². The second-order valence-electron chi connectivity index (χ2n) is 17.1. The molecule has 42 heavy (non-hydrogen) atoms. The first-order valence-electron chi connectivity index (χ1n) is 17.6. The second-order valence-corrected chi connectivity index (χ2v) is 17.1. The van der Waals surface area contributed by atoms with Crippen LogP contribution in [0.15, 0.2) is 47.1 Å². The second kappa shape index (κ2) is 9.18. The van der Waals surface area contributed by atoms with Crippen LogP contribution in [0, 0.1) is 52.3 Å². The molecule has 6 aliphatic carbocycles. The highest BCUT2D eigenvalue weighted by atomic mass is 16.3. The summed E-state index contributed by atoms with van der Waals surface area (Å²) in [5, 5.41) is 29.4. The predicted molar refractivity (Wildman–Crippen MR) is 170 cm³/mol. The molecule has 0 radical (unpaired) electrons. The molecule has 4 nitrogen and oxygen atoms in total. The summed E-state index contributed by atoms with van der Waals surface area (Å²) in [6.07, 6.45) is 19.9. The molecule has 2 spiro atoms. The third-order valence-electron chi connectivity index (χ3n) is 15.3. The highest BCUT2D eigenvalue weighted by Gasteiger charge is 2.75. The van der Waals surface area contributed by atoms with E-state index in [-0.39, 0.29) is 40.2 Å². The molecule has 8 aliphatic rings. The largest absolute Gasteiger partial charge is 0.392 e. The van der Waals surface area contributed by atoms with Gasteiger partial charge in [-0.15, -0.1) is 0 Å². The minimum atomic E-state index is -0.376. The Balaban J connectivity index is 1.17. The molecule has 230 valence electrons. The summed E-state index contributed by atoms with van der Waals surface area (Å²) in [6.45, 7) is 16.7. The molecule has 0 aromatic rings. The van der Waals surface area contributed by atoms with Crippen molar-refractivity contribution in [1.29, 1.82) is 0 Å². The van der Waals surface area contributed by atoms with Crippen molar-refractivity contribution >= 4 is 0 Å². The molecule has 2 bridgehead atoms. The zero-order valence-corrected chi connectivity index (χ0v) is 26.9. The van der Waals surface area contributed by atoms with Gasteiger partial charge in [0, 0.05) is 23.5 Å². The van der Waals surface area contributed by atoms with Crippen LogP contribution in [-0.4, -0.2) is 46.1 Å². The van der Waals surface area contributed by atoms with Gasteiger partial charge >= 0.3 is 0 Å². The molecule has 2 heterocycles. The van der Waals surface area contributed by atoms with Crippen molar-refractivity contribution in [3.05, 3.63) is 47.1 Å². The maximum Gasteiger partial charge on any atom is 0.0696 e. The van der Waals surface area contributed by atoms with Gasteiger partial charge in [0.2, 0.25) is 0 Å². The number of hydrogen-bond donors (Lipinski definition) is 4. The van der Waals surface area contributed by atoms with E-state index in [4.69, 9.17) is 0 Å². The van der Waals surface area contributed by atoms with E-state index in [9.17, 15) is 10.2 Å². The van der Waals surface area contributed by atoms with Crippen LogP contribution < -0.4 is 10.6 Å². The molecule has 14 atom stereocenters. The Bertz CT molecular complexity index is 1280. The fraction of sp³-hybridized carbons (Fsp3) is 0.789. The van der Waals surface area contributed by atoms with Crippen molar-refractivity contribution in [1.82, 2.24) is 10.6 Å².